The summed E-state index contributed by atoms with van der Waals surface area (Å²) in [5.74, 6) is -0.191. The number of non-ortho nitro benzene ring substituents is 1. The fourth-order valence-electron chi connectivity index (χ4n) is 2.89. The second-order valence-corrected chi connectivity index (χ2v) is 7.27. The molecule has 3 rings (SSSR count). The number of nitrogens with one attached hydrogen (secondary N) is 1. The number of carbonyl (C=O) groups is 1. The zero-order valence-corrected chi connectivity index (χ0v) is 17.8. The van der Waals surface area contributed by atoms with Crippen LogP contribution in [0.4, 0.5) is 11.4 Å². The number of hydrogen-bond donors (Lipinski definition) is 1. The average Bonchev–Trinajstić information content (AvgIpc) is 2.78. The maximum Gasteiger partial charge on any atom is 0.269 e. The monoisotopic (exact) mass is 447 g/mol. The second-order valence-electron chi connectivity index (χ2n) is 6.84. The van der Waals surface area contributed by atoms with Gasteiger partial charge in [-0.2, -0.15) is 5.26 Å². The van der Waals surface area contributed by atoms with Crippen molar-refractivity contribution in [2.75, 3.05) is 5.32 Å². The number of nitro groups is 1. The maximum absolute atomic E-state index is 12.6. The van der Waals surface area contributed by atoms with Crippen LogP contribution in [0.25, 0.3) is 6.08 Å². The number of nitro benzene ring substituents is 1. The fraction of sp³-hybridized carbons (Fsp3) is 0.0833. The van der Waals surface area contributed by atoms with E-state index >= 15 is 0 Å². The number of para-hydroxylation sites is 1. The Morgan fingerprint density at radius 3 is 2.69 bits per heavy atom. The summed E-state index contributed by atoms with van der Waals surface area (Å²) in [5.41, 5.74) is 2.33. The largest absolute Gasteiger partial charge is 0.488 e. The minimum Gasteiger partial charge on any atom is -0.488 e. The molecule has 7 nitrogen and oxygen atoms in total. The van der Waals surface area contributed by atoms with Crippen molar-refractivity contribution in [2.45, 2.75) is 13.5 Å². The third kappa shape index (κ3) is 5.72. The van der Waals surface area contributed by atoms with Crippen LogP contribution in [0.15, 0.2) is 72.3 Å². The molecule has 0 spiro atoms. The molecule has 0 aliphatic rings. The van der Waals surface area contributed by atoms with Crippen molar-refractivity contribution in [1.82, 2.24) is 0 Å². The van der Waals surface area contributed by atoms with Crippen molar-refractivity contribution in [3.05, 3.63) is 104 Å². The molecule has 0 radical (unpaired) electrons. The molecule has 0 heterocycles. The first-order chi connectivity index (χ1) is 15.4. The first-order valence-electron chi connectivity index (χ1n) is 9.52. The zero-order chi connectivity index (χ0) is 23.1. The molecule has 0 aromatic heterocycles. The van der Waals surface area contributed by atoms with Crippen molar-refractivity contribution in [3.63, 3.8) is 0 Å². The Morgan fingerprint density at radius 1 is 1.19 bits per heavy atom. The molecule has 0 saturated heterocycles. The first kappa shape index (κ1) is 22.5. The van der Waals surface area contributed by atoms with Gasteiger partial charge in [0.05, 0.1) is 4.92 Å². The summed E-state index contributed by atoms with van der Waals surface area (Å²) in [6.07, 6.45) is 1.39. The molecule has 0 fully saturated rings. The predicted octanol–water partition coefficient (Wildman–Crippen LogP) is 5.68. The van der Waals surface area contributed by atoms with E-state index in [0.29, 0.717) is 27.6 Å². The molecular formula is C24H18ClN3O4. The summed E-state index contributed by atoms with van der Waals surface area (Å²) >= 11 is 6.10. The molecule has 8 heteroatoms. The van der Waals surface area contributed by atoms with Crippen LogP contribution < -0.4 is 10.1 Å². The number of aryl methyl sites for hydroxylation is 1. The van der Waals surface area contributed by atoms with Gasteiger partial charge in [-0.1, -0.05) is 41.9 Å². The van der Waals surface area contributed by atoms with E-state index in [0.717, 1.165) is 5.56 Å². The van der Waals surface area contributed by atoms with Crippen molar-refractivity contribution in [2.24, 2.45) is 0 Å². The lowest BCUT2D eigenvalue weighted by molar-refractivity contribution is -0.384. The van der Waals surface area contributed by atoms with Crippen molar-refractivity contribution >= 4 is 35.0 Å². The summed E-state index contributed by atoms with van der Waals surface area (Å²) in [6.45, 7) is 1.91. The van der Waals surface area contributed by atoms with E-state index in [2.05, 4.69) is 5.32 Å². The van der Waals surface area contributed by atoms with E-state index in [1.165, 1.54) is 18.2 Å². The second kappa shape index (κ2) is 10.2. The molecule has 3 aromatic rings. The van der Waals surface area contributed by atoms with E-state index in [9.17, 15) is 20.2 Å². The van der Waals surface area contributed by atoms with Crippen LogP contribution in [0.3, 0.4) is 0 Å². The number of anilines is 1. The highest BCUT2D eigenvalue weighted by atomic mass is 35.5. The smallest absolute Gasteiger partial charge is 0.269 e. The number of hydrogen-bond acceptors (Lipinski definition) is 5. The van der Waals surface area contributed by atoms with Gasteiger partial charge in [0.2, 0.25) is 0 Å². The Labute approximate surface area is 189 Å². The van der Waals surface area contributed by atoms with Crippen LogP contribution >= 0.6 is 11.6 Å². The van der Waals surface area contributed by atoms with Gasteiger partial charge in [0.1, 0.15) is 24.0 Å². The van der Waals surface area contributed by atoms with Crippen molar-refractivity contribution in [3.8, 4) is 11.8 Å². The molecule has 0 unspecified atom stereocenters. The third-order valence-electron chi connectivity index (χ3n) is 4.55. The Morgan fingerprint density at radius 2 is 1.97 bits per heavy atom. The van der Waals surface area contributed by atoms with Gasteiger partial charge in [-0.15, -0.1) is 0 Å². The van der Waals surface area contributed by atoms with E-state index < -0.39 is 10.8 Å². The number of nitrogens with zero attached hydrogens (tertiary/aromatic N) is 2. The summed E-state index contributed by atoms with van der Waals surface area (Å²) in [4.78, 5) is 23.1. The van der Waals surface area contributed by atoms with Crippen LogP contribution in [-0.4, -0.2) is 10.8 Å². The molecule has 0 aliphatic carbocycles. The number of benzene rings is 3. The van der Waals surface area contributed by atoms with Crippen LogP contribution in [-0.2, 0) is 11.4 Å². The van der Waals surface area contributed by atoms with Crippen LogP contribution in [0.2, 0.25) is 5.02 Å². The minimum atomic E-state index is -0.564. The third-order valence-corrected chi connectivity index (χ3v) is 4.78. The number of ether oxygens (including phenoxy) is 1. The Bertz CT molecular complexity index is 1250. The van der Waals surface area contributed by atoms with E-state index in [4.69, 9.17) is 16.3 Å². The molecule has 0 aliphatic heterocycles. The van der Waals surface area contributed by atoms with Gasteiger partial charge in [-0.05, 0) is 48.4 Å². The SMILES string of the molecule is Cc1ccccc1NC(=O)/C(C#N)=C/c1cc(Cl)ccc1OCc1cccc([N+](=O)[O-])c1. The predicted molar refractivity (Wildman–Crippen MR) is 122 cm³/mol. The highest BCUT2D eigenvalue weighted by Gasteiger charge is 2.13. The number of nitriles is 1. The van der Waals surface area contributed by atoms with Gasteiger partial charge in [0.15, 0.2) is 0 Å². The molecule has 1 amide bonds. The maximum atomic E-state index is 12.6. The van der Waals surface area contributed by atoms with Gasteiger partial charge in [0, 0.05) is 28.4 Å². The lowest BCUT2D eigenvalue weighted by atomic mass is 10.1. The summed E-state index contributed by atoms with van der Waals surface area (Å²) in [5, 5.41) is 23.6. The molecule has 1 N–H and O–H groups in total. The van der Waals surface area contributed by atoms with Crippen molar-refractivity contribution in [1.29, 1.82) is 5.26 Å². The number of halogens is 1. The van der Waals surface area contributed by atoms with Crippen LogP contribution in [0.5, 0.6) is 5.75 Å². The molecule has 0 saturated carbocycles. The lowest BCUT2D eigenvalue weighted by Gasteiger charge is -2.11. The van der Waals surface area contributed by atoms with E-state index in [1.807, 2.05) is 25.1 Å². The van der Waals surface area contributed by atoms with Gasteiger partial charge in [-0.25, -0.2) is 0 Å². The molecule has 3 aromatic carbocycles. The highest BCUT2D eigenvalue weighted by molar-refractivity contribution is 6.30. The Balaban J connectivity index is 1.84. The highest BCUT2D eigenvalue weighted by Crippen LogP contribution is 2.27. The summed E-state index contributed by atoms with van der Waals surface area (Å²) < 4.78 is 5.81. The van der Waals surface area contributed by atoms with Crippen LogP contribution in [0, 0.1) is 28.4 Å². The van der Waals surface area contributed by atoms with Gasteiger partial charge < -0.3 is 10.1 Å². The number of carbonyl (C=O) groups excluding carboxylic acids is 1. The van der Waals surface area contributed by atoms with E-state index in [-0.39, 0.29) is 17.9 Å². The molecule has 0 atom stereocenters. The Hall–Kier alpha value is -4.15. The fourth-order valence-corrected chi connectivity index (χ4v) is 3.07. The first-order valence-corrected chi connectivity index (χ1v) is 9.89. The molecule has 0 bridgehead atoms. The summed E-state index contributed by atoms with van der Waals surface area (Å²) in [7, 11) is 0. The topological polar surface area (TPSA) is 105 Å². The van der Waals surface area contributed by atoms with Gasteiger partial charge in [-0.3, -0.25) is 14.9 Å². The van der Waals surface area contributed by atoms with Crippen molar-refractivity contribution < 1.29 is 14.5 Å². The average molecular weight is 448 g/mol. The van der Waals surface area contributed by atoms with Gasteiger partial charge >= 0.3 is 0 Å². The number of rotatable bonds is 7. The normalized spacial score (nSPS) is 10.8. The van der Waals surface area contributed by atoms with Gasteiger partial charge in [0.25, 0.3) is 11.6 Å². The standard InChI is InChI=1S/C24H18ClN3O4/c1-16-5-2-3-8-22(16)27-24(29)19(14-26)12-18-13-20(25)9-10-23(18)32-15-17-6-4-7-21(11-17)28(30)31/h2-13H,15H2,1H3,(H,27,29)/b19-12+. The Kier molecular flexibility index (Phi) is 7.21. The summed E-state index contributed by atoms with van der Waals surface area (Å²) in [6, 6.07) is 20.0. The quantitative estimate of drug-likeness (QED) is 0.217. The zero-order valence-electron chi connectivity index (χ0n) is 17.0. The molecule has 160 valence electrons. The molecular weight excluding hydrogens is 430 g/mol. The minimum absolute atomic E-state index is 0.0398. The van der Waals surface area contributed by atoms with Crippen LogP contribution in [0.1, 0.15) is 16.7 Å². The lowest BCUT2D eigenvalue weighted by Crippen LogP contribution is -2.14. The number of amides is 1. The molecule has 32 heavy (non-hydrogen) atoms. The van der Waals surface area contributed by atoms with E-state index in [1.54, 1.807) is 42.5 Å².